The molecule has 0 aliphatic carbocycles. The summed E-state index contributed by atoms with van der Waals surface area (Å²) in [6.07, 6.45) is 2.59. The van der Waals surface area contributed by atoms with Crippen LogP contribution in [-0.2, 0) is 15.3 Å². The van der Waals surface area contributed by atoms with E-state index in [2.05, 4.69) is 15.1 Å². The molecule has 0 fully saturated rings. The zero-order valence-corrected chi connectivity index (χ0v) is 23.8. The first-order valence-electron chi connectivity index (χ1n) is 11.8. The molecule has 2 amide bonds. The number of hydrogen-bond acceptors (Lipinski definition) is 10. The van der Waals surface area contributed by atoms with Crippen molar-refractivity contribution in [3.8, 4) is 11.5 Å². The predicted octanol–water partition coefficient (Wildman–Crippen LogP) is 4.72. The number of anilines is 2. The predicted molar refractivity (Wildman–Crippen MR) is 149 cm³/mol. The topological polar surface area (TPSA) is 151 Å². The van der Waals surface area contributed by atoms with E-state index in [0.717, 1.165) is 11.2 Å². The van der Waals surface area contributed by atoms with Crippen molar-refractivity contribution in [3.63, 3.8) is 0 Å². The first kappa shape index (κ1) is 28.2. The molecule has 0 bridgehead atoms. The highest BCUT2D eigenvalue weighted by atomic mass is 32.2. The molecule has 4 aromatic rings. The van der Waals surface area contributed by atoms with Gasteiger partial charge in [0.2, 0.25) is 0 Å². The van der Waals surface area contributed by atoms with Gasteiger partial charge in [-0.15, -0.1) is 0 Å². The van der Waals surface area contributed by atoms with Crippen LogP contribution < -0.4 is 20.1 Å². The maximum Gasteiger partial charge on any atom is 0.325 e. The number of sulfone groups is 1. The van der Waals surface area contributed by atoms with Gasteiger partial charge in [-0.2, -0.15) is 0 Å². The number of hydrogen-bond donors (Lipinski definition) is 1. The minimum absolute atomic E-state index is 0.0269. The van der Waals surface area contributed by atoms with Crippen molar-refractivity contribution in [1.82, 2.24) is 15.1 Å². The molecule has 0 aliphatic rings. The summed E-state index contributed by atoms with van der Waals surface area (Å²) in [6.45, 7) is 5.91. The van der Waals surface area contributed by atoms with Crippen LogP contribution >= 0.6 is 11.8 Å². The van der Waals surface area contributed by atoms with Gasteiger partial charge in [-0.1, -0.05) is 43.8 Å². The SMILES string of the molecule is COc1cc2ncnc(Sc3cccc(N(C(N)=O)c4cc(C(C)(C)C)on4)c3)c2cc1OCCS(C)(=O)=O. The van der Waals surface area contributed by atoms with E-state index < -0.39 is 15.9 Å². The normalized spacial score (nSPS) is 11.9. The number of ether oxygens (including phenoxy) is 2. The number of nitrogens with zero attached hydrogens (tertiary/aromatic N) is 4. The molecule has 0 atom stereocenters. The summed E-state index contributed by atoms with van der Waals surface area (Å²) in [7, 11) is -1.69. The van der Waals surface area contributed by atoms with Crippen molar-refractivity contribution >= 4 is 50.0 Å². The van der Waals surface area contributed by atoms with Gasteiger partial charge in [0.1, 0.15) is 23.7 Å². The molecule has 0 radical (unpaired) electrons. The molecule has 206 valence electrons. The fraction of sp³-hybridized carbons (Fsp3) is 0.308. The van der Waals surface area contributed by atoms with Crippen molar-refractivity contribution in [1.29, 1.82) is 0 Å². The van der Waals surface area contributed by atoms with Gasteiger partial charge in [-0.05, 0) is 24.3 Å². The van der Waals surface area contributed by atoms with Crippen LogP contribution in [0.1, 0.15) is 26.5 Å². The maximum absolute atomic E-state index is 12.4. The fourth-order valence-electron chi connectivity index (χ4n) is 3.59. The van der Waals surface area contributed by atoms with Crippen LogP contribution in [0.25, 0.3) is 10.9 Å². The smallest absolute Gasteiger partial charge is 0.325 e. The third kappa shape index (κ3) is 6.79. The molecule has 0 saturated carbocycles. The van der Waals surface area contributed by atoms with Crippen LogP contribution in [0.15, 0.2) is 63.2 Å². The highest BCUT2D eigenvalue weighted by Gasteiger charge is 2.25. The van der Waals surface area contributed by atoms with E-state index in [1.165, 1.54) is 30.1 Å². The van der Waals surface area contributed by atoms with Crippen LogP contribution in [0.2, 0.25) is 0 Å². The zero-order chi connectivity index (χ0) is 28.4. The number of benzene rings is 2. The van der Waals surface area contributed by atoms with Gasteiger partial charge < -0.3 is 19.7 Å². The molecule has 11 nitrogen and oxygen atoms in total. The van der Waals surface area contributed by atoms with Gasteiger partial charge >= 0.3 is 6.03 Å². The van der Waals surface area contributed by atoms with Gasteiger partial charge in [0.15, 0.2) is 27.2 Å². The molecule has 13 heteroatoms. The number of methoxy groups -OCH3 is 1. The van der Waals surface area contributed by atoms with Gasteiger partial charge in [0, 0.05) is 34.1 Å². The van der Waals surface area contributed by atoms with Crippen LogP contribution in [0.4, 0.5) is 16.3 Å². The van der Waals surface area contributed by atoms with E-state index in [9.17, 15) is 13.2 Å². The summed E-state index contributed by atoms with van der Waals surface area (Å²) in [6, 6.07) is 11.6. The fourth-order valence-corrected chi connectivity index (χ4v) is 4.90. The Bertz CT molecular complexity index is 1610. The van der Waals surface area contributed by atoms with Gasteiger partial charge in [0.25, 0.3) is 0 Å². The molecular formula is C26H29N5O6S2. The third-order valence-electron chi connectivity index (χ3n) is 5.57. The number of nitrogens with two attached hydrogens (primary N) is 1. The lowest BCUT2D eigenvalue weighted by atomic mass is 9.93. The van der Waals surface area contributed by atoms with Crippen LogP contribution in [0.3, 0.4) is 0 Å². The number of rotatable bonds is 9. The van der Waals surface area contributed by atoms with E-state index in [-0.39, 0.29) is 23.6 Å². The number of carbonyl (C=O) groups excluding carboxylic acids is 1. The van der Waals surface area contributed by atoms with Gasteiger partial charge in [-0.3, -0.25) is 0 Å². The van der Waals surface area contributed by atoms with Crippen molar-refractivity contribution in [2.24, 2.45) is 5.73 Å². The van der Waals surface area contributed by atoms with Gasteiger partial charge in [-0.25, -0.2) is 28.1 Å². The number of primary amides is 1. The average Bonchev–Trinajstić information content (AvgIpc) is 3.34. The Morgan fingerprint density at radius 2 is 1.90 bits per heavy atom. The Hall–Kier alpha value is -3.84. The number of aromatic nitrogens is 3. The highest BCUT2D eigenvalue weighted by molar-refractivity contribution is 7.99. The lowest BCUT2D eigenvalue weighted by molar-refractivity contribution is 0.255. The van der Waals surface area contributed by atoms with Crippen LogP contribution in [0, 0.1) is 0 Å². The van der Waals surface area contributed by atoms with E-state index in [1.807, 2.05) is 26.8 Å². The first-order valence-corrected chi connectivity index (χ1v) is 14.7. The van der Waals surface area contributed by atoms with E-state index in [0.29, 0.717) is 38.9 Å². The monoisotopic (exact) mass is 571 g/mol. The molecule has 2 N–H and O–H groups in total. The molecule has 2 heterocycles. The Morgan fingerprint density at radius 1 is 1.13 bits per heavy atom. The maximum atomic E-state index is 12.4. The summed E-state index contributed by atoms with van der Waals surface area (Å²) in [4.78, 5) is 23.3. The number of fused-ring (bicyclic) bond motifs is 1. The molecule has 2 aromatic heterocycles. The lowest BCUT2D eigenvalue weighted by Gasteiger charge is -2.18. The second-order valence-electron chi connectivity index (χ2n) is 9.75. The second-order valence-corrected chi connectivity index (χ2v) is 13.1. The molecule has 39 heavy (non-hydrogen) atoms. The minimum Gasteiger partial charge on any atom is -0.493 e. The third-order valence-corrected chi connectivity index (χ3v) is 7.49. The Kier molecular flexibility index (Phi) is 8.02. The Morgan fingerprint density at radius 3 is 2.54 bits per heavy atom. The molecule has 0 saturated heterocycles. The number of amides is 2. The van der Waals surface area contributed by atoms with E-state index in [1.54, 1.807) is 36.4 Å². The van der Waals surface area contributed by atoms with Crippen LogP contribution in [0.5, 0.6) is 11.5 Å². The summed E-state index contributed by atoms with van der Waals surface area (Å²) < 4.78 is 39.6. The zero-order valence-electron chi connectivity index (χ0n) is 22.2. The Labute approximate surface area is 230 Å². The second kappa shape index (κ2) is 11.1. The summed E-state index contributed by atoms with van der Waals surface area (Å²) in [5.74, 6) is 1.57. The van der Waals surface area contributed by atoms with Crippen molar-refractivity contribution in [3.05, 3.63) is 54.6 Å². The van der Waals surface area contributed by atoms with Crippen LogP contribution in [-0.4, -0.2) is 55.3 Å². The number of carbonyl (C=O) groups is 1. The molecule has 0 aliphatic heterocycles. The standard InChI is InChI=1S/C26H29N5O6S2/c1-26(2,3)22-14-23(30-37-22)31(25(27)32)16-7-6-8-17(11-16)38-24-18-12-21(36-9-10-39(5,33)34)20(35-4)13-19(18)28-15-29-24/h6-8,11-15H,9-10H2,1-5H3,(H2,27,32). The van der Waals surface area contributed by atoms with Crippen molar-refractivity contribution in [2.75, 3.05) is 30.6 Å². The summed E-state index contributed by atoms with van der Waals surface area (Å²) in [5, 5.41) is 5.36. The lowest BCUT2D eigenvalue weighted by Crippen LogP contribution is -2.31. The highest BCUT2D eigenvalue weighted by Crippen LogP contribution is 2.39. The van der Waals surface area contributed by atoms with E-state index >= 15 is 0 Å². The molecule has 0 unspecified atom stereocenters. The van der Waals surface area contributed by atoms with Gasteiger partial charge in [0.05, 0.1) is 24.1 Å². The number of urea groups is 1. The summed E-state index contributed by atoms with van der Waals surface area (Å²) in [5.41, 5.74) is 6.55. The first-order chi connectivity index (χ1) is 18.4. The average molecular weight is 572 g/mol. The Balaban J connectivity index is 1.67. The summed E-state index contributed by atoms with van der Waals surface area (Å²) >= 11 is 1.35. The van der Waals surface area contributed by atoms with E-state index in [4.69, 9.17) is 19.7 Å². The molecule has 2 aromatic carbocycles. The van der Waals surface area contributed by atoms with Crippen molar-refractivity contribution < 1.29 is 27.2 Å². The molecule has 0 spiro atoms. The van der Waals surface area contributed by atoms with Crippen molar-refractivity contribution in [2.45, 2.75) is 36.1 Å². The quantitative estimate of drug-likeness (QED) is 0.280. The molecular weight excluding hydrogens is 542 g/mol. The minimum atomic E-state index is -3.19. The molecule has 4 rings (SSSR count). The largest absolute Gasteiger partial charge is 0.493 e.